The molecule has 0 fully saturated rings. The van der Waals surface area contributed by atoms with Gasteiger partial charge in [-0.05, 0) is 24.3 Å². The smallest absolute Gasteiger partial charge is 0.138 e. The lowest BCUT2D eigenvalue weighted by Crippen LogP contribution is -2.01. The standard InChI is InChI=1S/C12H11BrN2O/c13-9-5-6-14-10(7-9)8-15-11-3-1-2-4-12(11)16/h1-7,15-16H,8H2. The molecule has 0 saturated carbocycles. The maximum atomic E-state index is 9.55. The topological polar surface area (TPSA) is 45.1 Å². The van der Waals surface area contributed by atoms with Crippen LogP contribution in [0.4, 0.5) is 5.69 Å². The maximum Gasteiger partial charge on any atom is 0.138 e. The van der Waals surface area contributed by atoms with Crippen LogP contribution in [-0.4, -0.2) is 10.1 Å². The number of halogens is 1. The predicted octanol–water partition coefficient (Wildman–Crippen LogP) is 3.16. The Morgan fingerprint density at radius 2 is 2.06 bits per heavy atom. The minimum absolute atomic E-state index is 0.248. The first kappa shape index (κ1) is 11.0. The van der Waals surface area contributed by atoms with E-state index >= 15 is 0 Å². The molecule has 0 amide bonds. The monoisotopic (exact) mass is 278 g/mol. The molecule has 0 saturated heterocycles. The van der Waals surface area contributed by atoms with Crippen molar-refractivity contribution >= 4 is 21.6 Å². The number of rotatable bonds is 3. The number of benzene rings is 1. The van der Waals surface area contributed by atoms with Crippen LogP contribution in [0.15, 0.2) is 47.1 Å². The lowest BCUT2D eigenvalue weighted by atomic mass is 10.3. The fourth-order valence-corrected chi connectivity index (χ4v) is 1.74. The van der Waals surface area contributed by atoms with Crippen LogP contribution >= 0.6 is 15.9 Å². The highest BCUT2D eigenvalue weighted by Crippen LogP contribution is 2.22. The summed E-state index contributed by atoms with van der Waals surface area (Å²) in [5.74, 6) is 0.248. The summed E-state index contributed by atoms with van der Waals surface area (Å²) in [7, 11) is 0. The Kier molecular flexibility index (Phi) is 3.41. The second-order valence-electron chi connectivity index (χ2n) is 3.34. The van der Waals surface area contributed by atoms with Gasteiger partial charge in [-0.2, -0.15) is 0 Å². The van der Waals surface area contributed by atoms with Gasteiger partial charge in [0.15, 0.2) is 0 Å². The Hall–Kier alpha value is -1.55. The molecule has 16 heavy (non-hydrogen) atoms. The molecule has 1 heterocycles. The average molecular weight is 279 g/mol. The first-order chi connectivity index (χ1) is 7.75. The van der Waals surface area contributed by atoms with Gasteiger partial charge in [-0.25, -0.2) is 0 Å². The van der Waals surface area contributed by atoms with E-state index in [0.29, 0.717) is 12.2 Å². The van der Waals surface area contributed by atoms with Crippen molar-refractivity contribution in [3.05, 3.63) is 52.8 Å². The highest BCUT2D eigenvalue weighted by Gasteiger charge is 1.99. The van der Waals surface area contributed by atoms with Crippen molar-refractivity contribution in [2.24, 2.45) is 0 Å². The molecule has 0 bridgehead atoms. The summed E-state index contributed by atoms with van der Waals surface area (Å²) in [6, 6.07) is 11.0. The third-order valence-corrected chi connectivity index (χ3v) is 2.64. The van der Waals surface area contributed by atoms with Crippen molar-refractivity contribution in [2.45, 2.75) is 6.54 Å². The first-order valence-electron chi connectivity index (χ1n) is 4.88. The Balaban J connectivity index is 2.05. The van der Waals surface area contributed by atoms with Crippen LogP contribution in [0.3, 0.4) is 0 Å². The number of hydrogen-bond acceptors (Lipinski definition) is 3. The molecule has 0 aliphatic rings. The molecule has 0 aliphatic heterocycles. The molecular formula is C12H11BrN2O. The van der Waals surface area contributed by atoms with E-state index in [1.165, 1.54) is 0 Å². The number of nitrogens with zero attached hydrogens (tertiary/aromatic N) is 1. The zero-order valence-electron chi connectivity index (χ0n) is 8.52. The fourth-order valence-electron chi connectivity index (χ4n) is 1.35. The van der Waals surface area contributed by atoms with E-state index in [1.54, 1.807) is 18.3 Å². The third-order valence-electron chi connectivity index (χ3n) is 2.14. The van der Waals surface area contributed by atoms with E-state index in [4.69, 9.17) is 0 Å². The Labute approximate surface area is 102 Å². The molecule has 2 aromatic rings. The lowest BCUT2D eigenvalue weighted by Gasteiger charge is -2.07. The minimum atomic E-state index is 0.248. The van der Waals surface area contributed by atoms with Crippen LogP contribution < -0.4 is 5.32 Å². The van der Waals surface area contributed by atoms with Gasteiger partial charge in [0.1, 0.15) is 5.75 Å². The number of pyridine rings is 1. The van der Waals surface area contributed by atoms with Gasteiger partial charge in [0.05, 0.1) is 17.9 Å². The molecule has 0 unspecified atom stereocenters. The highest BCUT2D eigenvalue weighted by atomic mass is 79.9. The molecule has 0 aliphatic carbocycles. The third kappa shape index (κ3) is 2.73. The van der Waals surface area contributed by atoms with Gasteiger partial charge in [-0.15, -0.1) is 0 Å². The Morgan fingerprint density at radius 1 is 1.25 bits per heavy atom. The van der Waals surface area contributed by atoms with Crippen molar-refractivity contribution in [3.63, 3.8) is 0 Å². The van der Waals surface area contributed by atoms with Crippen LogP contribution in [0.1, 0.15) is 5.69 Å². The number of anilines is 1. The summed E-state index contributed by atoms with van der Waals surface area (Å²) < 4.78 is 0.997. The SMILES string of the molecule is Oc1ccccc1NCc1cc(Br)ccn1. The average Bonchev–Trinajstić information content (AvgIpc) is 2.28. The lowest BCUT2D eigenvalue weighted by molar-refractivity contribution is 0.477. The highest BCUT2D eigenvalue weighted by molar-refractivity contribution is 9.10. The summed E-state index contributed by atoms with van der Waals surface area (Å²) >= 11 is 3.39. The molecule has 0 spiro atoms. The molecule has 0 radical (unpaired) electrons. The van der Waals surface area contributed by atoms with Gasteiger partial charge in [0.25, 0.3) is 0 Å². The molecule has 82 valence electrons. The molecule has 0 atom stereocenters. The number of phenols is 1. The van der Waals surface area contributed by atoms with Crippen LogP contribution in [-0.2, 0) is 6.54 Å². The quantitative estimate of drug-likeness (QED) is 0.848. The number of nitrogens with one attached hydrogen (secondary N) is 1. The minimum Gasteiger partial charge on any atom is -0.506 e. The number of phenolic OH excluding ortho intramolecular Hbond substituents is 1. The van der Waals surface area contributed by atoms with Crippen molar-refractivity contribution in [1.82, 2.24) is 4.98 Å². The maximum absolute atomic E-state index is 9.55. The first-order valence-corrected chi connectivity index (χ1v) is 5.67. The van der Waals surface area contributed by atoms with Crippen molar-refractivity contribution in [3.8, 4) is 5.75 Å². The second kappa shape index (κ2) is 4.99. The number of hydrogen-bond donors (Lipinski definition) is 2. The van der Waals surface area contributed by atoms with E-state index in [-0.39, 0.29) is 5.75 Å². The Bertz CT molecular complexity index is 488. The molecule has 1 aromatic carbocycles. The fraction of sp³-hybridized carbons (Fsp3) is 0.0833. The summed E-state index contributed by atoms with van der Waals surface area (Å²) in [4.78, 5) is 4.21. The van der Waals surface area contributed by atoms with Gasteiger partial charge in [-0.1, -0.05) is 28.1 Å². The van der Waals surface area contributed by atoms with E-state index < -0.39 is 0 Å². The molecule has 4 heteroatoms. The normalized spacial score (nSPS) is 10.1. The summed E-state index contributed by atoms with van der Waals surface area (Å²) in [6.45, 7) is 0.580. The van der Waals surface area contributed by atoms with E-state index in [9.17, 15) is 5.11 Å². The number of aromatic nitrogens is 1. The molecule has 3 nitrogen and oxygen atoms in total. The molecule has 2 N–H and O–H groups in total. The predicted molar refractivity (Wildman–Crippen MR) is 67.4 cm³/mol. The summed E-state index contributed by atoms with van der Waals surface area (Å²) in [5, 5.41) is 12.7. The van der Waals surface area contributed by atoms with Crippen molar-refractivity contribution < 1.29 is 5.11 Å². The van der Waals surface area contributed by atoms with Gasteiger partial charge in [0.2, 0.25) is 0 Å². The number of aromatic hydroxyl groups is 1. The van der Waals surface area contributed by atoms with Gasteiger partial charge < -0.3 is 10.4 Å². The van der Waals surface area contributed by atoms with Crippen molar-refractivity contribution in [1.29, 1.82) is 0 Å². The van der Waals surface area contributed by atoms with Crippen LogP contribution in [0, 0.1) is 0 Å². The van der Waals surface area contributed by atoms with E-state index in [1.807, 2.05) is 24.3 Å². The van der Waals surface area contributed by atoms with Gasteiger partial charge in [-0.3, -0.25) is 4.98 Å². The Morgan fingerprint density at radius 3 is 2.81 bits per heavy atom. The van der Waals surface area contributed by atoms with E-state index in [2.05, 4.69) is 26.2 Å². The summed E-state index contributed by atoms with van der Waals surface area (Å²) in [6.07, 6.45) is 1.74. The van der Waals surface area contributed by atoms with Crippen LogP contribution in [0.25, 0.3) is 0 Å². The van der Waals surface area contributed by atoms with Gasteiger partial charge >= 0.3 is 0 Å². The summed E-state index contributed by atoms with van der Waals surface area (Å²) in [5.41, 5.74) is 1.63. The molecule has 1 aromatic heterocycles. The van der Waals surface area contributed by atoms with Crippen LogP contribution in [0.2, 0.25) is 0 Å². The number of para-hydroxylation sites is 2. The van der Waals surface area contributed by atoms with E-state index in [0.717, 1.165) is 10.2 Å². The zero-order valence-corrected chi connectivity index (χ0v) is 10.1. The molecular weight excluding hydrogens is 268 g/mol. The van der Waals surface area contributed by atoms with Crippen molar-refractivity contribution in [2.75, 3.05) is 5.32 Å². The molecule has 2 rings (SSSR count). The van der Waals surface area contributed by atoms with Crippen LogP contribution in [0.5, 0.6) is 5.75 Å². The largest absolute Gasteiger partial charge is 0.506 e. The second-order valence-corrected chi connectivity index (χ2v) is 4.25. The zero-order chi connectivity index (χ0) is 11.4. The van der Waals surface area contributed by atoms with Gasteiger partial charge in [0, 0.05) is 10.7 Å².